The first kappa shape index (κ1) is 21.3. The second-order valence-corrected chi connectivity index (χ2v) is 9.16. The number of alkyl halides is 1. The van der Waals surface area contributed by atoms with Crippen molar-refractivity contribution in [1.29, 1.82) is 0 Å². The van der Waals surface area contributed by atoms with E-state index in [0.717, 1.165) is 0 Å². The quantitative estimate of drug-likeness (QED) is 0.704. The minimum Gasteiger partial charge on any atom is -0.338 e. The smallest absolute Gasteiger partial charge is 0.289 e. The monoisotopic (exact) mass is 446 g/mol. The van der Waals surface area contributed by atoms with Crippen LogP contribution in [0.1, 0.15) is 18.3 Å². The van der Waals surface area contributed by atoms with E-state index in [-0.39, 0.29) is 42.9 Å². The average molecular weight is 447 g/mol. The van der Waals surface area contributed by atoms with Crippen LogP contribution in [0.4, 0.5) is 4.39 Å². The van der Waals surface area contributed by atoms with E-state index in [1.807, 2.05) is 6.92 Å². The summed E-state index contributed by atoms with van der Waals surface area (Å²) in [6.45, 7) is 5.24. The van der Waals surface area contributed by atoms with Gasteiger partial charge in [0.2, 0.25) is 12.1 Å². The Morgan fingerprint density at radius 1 is 1.10 bits per heavy atom. The number of rotatable bonds is 4. The number of sulfonamides is 1. The second-order valence-electron chi connectivity index (χ2n) is 7.28. The number of hydrogen-bond acceptors (Lipinski definition) is 6. The number of aromatic nitrogens is 2. The summed E-state index contributed by atoms with van der Waals surface area (Å²) in [5.41, 5.74) is 0.532. The van der Waals surface area contributed by atoms with Gasteiger partial charge in [-0.25, -0.2) is 22.8 Å². The number of imidazole rings is 1. The van der Waals surface area contributed by atoms with E-state index in [1.165, 1.54) is 4.31 Å². The third-order valence-electron chi connectivity index (χ3n) is 5.38. The molecule has 11 heteroatoms. The number of guanidine groups is 1. The van der Waals surface area contributed by atoms with Crippen molar-refractivity contribution in [2.45, 2.75) is 31.6 Å². The molecule has 1 atom stereocenters. The summed E-state index contributed by atoms with van der Waals surface area (Å²) in [6, 6.07) is 8.64. The van der Waals surface area contributed by atoms with Gasteiger partial charge in [-0.1, -0.05) is 30.3 Å². The predicted octanol–water partition coefficient (Wildman–Crippen LogP) is 1.24. The molecule has 0 saturated carbocycles. The number of amides is 1. The maximum atomic E-state index is 14.4. The van der Waals surface area contributed by atoms with Crippen molar-refractivity contribution in [3.8, 4) is 0 Å². The molecule has 0 radical (unpaired) electrons. The lowest BCUT2D eigenvalue weighted by Gasteiger charge is -2.34. The fraction of sp³-hybridized carbons (Fsp3) is 0.400. The van der Waals surface area contributed by atoms with Crippen LogP contribution in [0.25, 0.3) is 0 Å². The molecule has 0 spiro atoms. The van der Waals surface area contributed by atoms with Crippen LogP contribution in [0.5, 0.6) is 0 Å². The molecule has 0 bridgehead atoms. The van der Waals surface area contributed by atoms with E-state index >= 15 is 0 Å². The lowest BCUT2D eigenvalue weighted by Crippen LogP contribution is -2.51. The molecule has 1 aromatic carbocycles. The van der Waals surface area contributed by atoms with Crippen molar-refractivity contribution in [1.82, 2.24) is 18.8 Å². The summed E-state index contributed by atoms with van der Waals surface area (Å²) in [5.74, 6) is -0.154. The first-order valence-corrected chi connectivity index (χ1v) is 11.4. The first-order chi connectivity index (χ1) is 14.8. The summed E-state index contributed by atoms with van der Waals surface area (Å²) in [4.78, 5) is 26.1. The van der Waals surface area contributed by atoms with Gasteiger partial charge in [-0.05, 0) is 19.4 Å². The van der Waals surface area contributed by atoms with Crippen LogP contribution >= 0.6 is 0 Å². The lowest BCUT2D eigenvalue weighted by atomic mass is 10.0. The van der Waals surface area contributed by atoms with E-state index < -0.39 is 22.1 Å². The molecule has 1 amide bonds. The van der Waals surface area contributed by atoms with Crippen molar-refractivity contribution >= 4 is 27.6 Å². The van der Waals surface area contributed by atoms with Gasteiger partial charge < -0.3 is 9.47 Å². The molecule has 2 aliphatic rings. The molecule has 1 saturated heterocycles. The van der Waals surface area contributed by atoms with Gasteiger partial charge in [-0.3, -0.25) is 4.79 Å². The summed E-state index contributed by atoms with van der Waals surface area (Å²) in [6.07, 6.45) is -0.372. The summed E-state index contributed by atoms with van der Waals surface area (Å²) in [5, 5.41) is 0.0233. The number of hydrogen-bond donors (Lipinski definition) is 0. The van der Waals surface area contributed by atoms with Gasteiger partial charge in [0.25, 0.3) is 15.9 Å². The van der Waals surface area contributed by atoms with Crippen LogP contribution in [0.15, 0.2) is 51.5 Å². The van der Waals surface area contributed by atoms with Gasteiger partial charge in [0.15, 0.2) is 5.03 Å². The van der Waals surface area contributed by atoms with E-state index in [1.54, 1.807) is 52.9 Å². The highest BCUT2D eigenvalue weighted by Crippen LogP contribution is 2.20. The normalized spacial score (nSPS) is 20.5. The number of halogens is 1. The van der Waals surface area contributed by atoms with E-state index in [4.69, 9.17) is 0 Å². The maximum absolute atomic E-state index is 14.4. The molecule has 4 rings (SSSR count). The molecule has 164 valence electrons. The van der Waals surface area contributed by atoms with Crippen molar-refractivity contribution in [3.63, 3.8) is 0 Å². The summed E-state index contributed by atoms with van der Waals surface area (Å²) >= 11 is 0. The van der Waals surface area contributed by atoms with E-state index in [2.05, 4.69) is 15.0 Å². The molecule has 3 heterocycles. The highest BCUT2D eigenvalue weighted by molar-refractivity contribution is 7.89. The van der Waals surface area contributed by atoms with Crippen LogP contribution in [-0.4, -0.2) is 77.1 Å². The largest absolute Gasteiger partial charge is 0.338 e. The van der Waals surface area contributed by atoms with Crippen LogP contribution < -0.4 is 0 Å². The number of carbonyl (C=O) groups excluding carboxylic acids is 1. The zero-order chi connectivity index (χ0) is 22.2. The second kappa shape index (κ2) is 8.31. The van der Waals surface area contributed by atoms with Crippen molar-refractivity contribution in [3.05, 3.63) is 47.9 Å². The standard InChI is InChI=1S/C20H23FN6O3S/c1-3-25-13-16(22-14(25)2)31(29,30)27-11-9-26(10-12-27)20-23-18(17(21)19(28)24-20)15-7-5-4-6-8-15/h4-8,13,17H,3,9-12H2,1-2H3. The minimum absolute atomic E-state index is 0.0197. The third kappa shape index (κ3) is 4.02. The zero-order valence-corrected chi connectivity index (χ0v) is 18.1. The fourth-order valence-corrected chi connectivity index (χ4v) is 5.02. The van der Waals surface area contributed by atoms with Gasteiger partial charge in [0.05, 0.1) is 5.71 Å². The Kier molecular flexibility index (Phi) is 5.71. The van der Waals surface area contributed by atoms with Crippen LogP contribution in [0, 0.1) is 6.92 Å². The summed E-state index contributed by atoms with van der Waals surface area (Å²) < 4.78 is 43.5. The number of aryl methyl sites for hydroxylation is 2. The Morgan fingerprint density at radius 2 is 1.77 bits per heavy atom. The van der Waals surface area contributed by atoms with Gasteiger partial charge in [0, 0.05) is 38.9 Å². The Morgan fingerprint density at radius 3 is 2.39 bits per heavy atom. The van der Waals surface area contributed by atoms with Gasteiger partial charge in [-0.2, -0.15) is 9.30 Å². The predicted molar refractivity (Wildman–Crippen MR) is 113 cm³/mol. The Hall–Kier alpha value is -2.92. The number of benzene rings is 1. The molecule has 9 nitrogen and oxygen atoms in total. The number of carbonyl (C=O) groups is 1. The molecule has 1 fully saturated rings. The molecule has 2 aromatic rings. The first-order valence-electron chi connectivity index (χ1n) is 10.0. The topological polar surface area (TPSA) is 100 Å². The molecular weight excluding hydrogens is 423 g/mol. The Bertz CT molecular complexity index is 1150. The highest BCUT2D eigenvalue weighted by atomic mass is 32.2. The van der Waals surface area contributed by atoms with Gasteiger partial charge in [0.1, 0.15) is 5.82 Å². The third-order valence-corrected chi connectivity index (χ3v) is 7.15. The number of aliphatic imine (C=N–C) groups is 2. The minimum atomic E-state index is -3.73. The molecular formula is C20H23FN6O3S. The molecule has 1 unspecified atom stereocenters. The van der Waals surface area contributed by atoms with Gasteiger partial charge in [-0.15, -0.1) is 0 Å². The van der Waals surface area contributed by atoms with Crippen LogP contribution in [0.2, 0.25) is 0 Å². The Labute approximate surface area is 180 Å². The molecule has 31 heavy (non-hydrogen) atoms. The SMILES string of the molecule is CCn1cc(S(=O)(=O)N2CCN(C3=NC(=O)C(F)C(c4ccccc4)=N3)CC2)nc1C. The molecule has 2 aliphatic heterocycles. The average Bonchev–Trinajstić information content (AvgIpc) is 3.18. The highest BCUT2D eigenvalue weighted by Gasteiger charge is 2.35. The number of piperazine rings is 1. The van der Waals surface area contributed by atoms with Gasteiger partial charge >= 0.3 is 0 Å². The van der Waals surface area contributed by atoms with E-state index in [0.29, 0.717) is 17.9 Å². The zero-order valence-electron chi connectivity index (χ0n) is 17.3. The van der Waals surface area contributed by atoms with E-state index in [9.17, 15) is 17.6 Å². The van der Waals surface area contributed by atoms with Crippen molar-refractivity contribution < 1.29 is 17.6 Å². The molecule has 0 aliphatic carbocycles. The van der Waals surface area contributed by atoms with Crippen LogP contribution in [-0.2, 0) is 21.4 Å². The molecule has 0 N–H and O–H groups in total. The van der Waals surface area contributed by atoms with Crippen molar-refractivity contribution in [2.24, 2.45) is 9.98 Å². The molecule has 1 aromatic heterocycles. The Balaban J connectivity index is 1.51. The van der Waals surface area contributed by atoms with Crippen LogP contribution in [0.3, 0.4) is 0 Å². The fourth-order valence-electron chi connectivity index (χ4n) is 3.61. The van der Waals surface area contributed by atoms with Crippen molar-refractivity contribution in [2.75, 3.05) is 26.2 Å². The number of nitrogens with zero attached hydrogens (tertiary/aromatic N) is 6. The maximum Gasteiger partial charge on any atom is 0.289 e. The summed E-state index contributed by atoms with van der Waals surface area (Å²) in [7, 11) is -3.73. The lowest BCUT2D eigenvalue weighted by molar-refractivity contribution is -0.120.